The SMILES string of the molecule is N/C=C1/C/C(=C\N2CCN3C(=O)CCCC3C2)CN1. The van der Waals surface area contributed by atoms with Crippen molar-refractivity contribution in [2.45, 2.75) is 31.7 Å². The number of nitrogens with two attached hydrogens (primary N) is 1. The number of rotatable bonds is 1. The minimum atomic E-state index is 0.347. The number of piperidine rings is 1. The molecule has 1 atom stereocenters. The van der Waals surface area contributed by atoms with Crippen molar-refractivity contribution in [3.8, 4) is 0 Å². The molecule has 104 valence electrons. The van der Waals surface area contributed by atoms with Gasteiger partial charge in [-0.1, -0.05) is 0 Å². The Labute approximate surface area is 114 Å². The van der Waals surface area contributed by atoms with Gasteiger partial charge in [-0.25, -0.2) is 0 Å². The molecule has 0 aliphatic carbocycles. The fourth-order valence-electron chi connectivity index (χ4n) is 3.27. The predicted molar refractivity (Wildman–Crippen MR) is 73.9 cm³/mol. The molecule has 1 amide bonds. The van der Waals surface area contributed by atoms with Crippen molar-refractivity contribution in [2.75, 3.05) is 26.2 Å². The number of fused-ring (bicyclic) bond motifs is 1. The lowest BCUT2D eigenvalue weighted by Gasteiger charge is -2.43. The van der Waals surface area contributed by atoms with E-state index in [0.717, 1.165) is 57.6 Å². The third kappa shape index (κ3) is 2.55. The van der Waals surface area contributed by atoms with Gasteiger partial charge in [-0.2, -0.15) is 0 Å². The largest absolute Gasteiger partial charge is 0.403 e. The van der Waals surface area contributed by atoms with E-state index in [2.05, 4.69) is 21.3 Å². The van der Waals surface area contributed by atoms with Crippen molar-refractivity contribution in [2.24, 2.45) is 5.73 Å². The topological polar surface area (TPSA) is 61.6 Å². The lowest BCUT2D eigenvalue weighted by molar-refractivity contribution is -0.138. The van der Waals surface area contributed by atoms with Gasteiger partial charge in [-0.05, 0) is 18.4 Å². The number of carbonyl (C=O) groups excluding carboxylic acids is 1. The molecule has 3 rings (SSSR count). The van der Waals surface area contributed by atoms with E-state index in [-0.39, 0.29) is 0 Å². The summed E-state index contributed by atoms with van der Waals surface area (Å²) in [7, 11) is 0. The van der Waals surface area contributed by atoms with Gasteiger partial charge >= 0.3 is 0 Å². The molecule has 3 fully saturated rings. The number of carbonyl (C=O) groups is 1. The van der Waals surface area contributed by atoms with E-state index < -0.39 is 0 Å². The Morgan fingerprint density at radius 3 is 3.05 bits per heavy atom. The van der Waals surface area contributed by atoms with E-state index in [1.165, 1.54) is 5.57 Å². The van der Waals surface area contributed by atoms with Crippen LogP contribution in [0, 0.1) is 0 Å². The van der Waals surface area contributed by atoms with Crippen LogP contribution in [-0.2, 0) is 4.79 Å². The summed E-state index contributed by atoms with van der Waals surface area (Å²) in [5, 5.41) is 3.29. The zero-order valence-corrected chi connectivity index (χ0v) is 11.3. The minimum Gasteiger partial charge on any atom is -0.403 e. The van der Waals surface area contributed by atoms with Crippen LogP contribution >= 0.6 is 0 Å². The second kappa shape index (κ2) is 5.15. The van der Waals surface area contributed by atoms with Gasteiger partial charge in [0.05, 0.1) is 0 Å². The Bertz CT molecular complexity index is 429. The van der Waals surface area contributed by atoms with Crippen molar-refractivity contribution >= 4 is 5.91 Å². The molecule has 0 aromatic heterocycles. The predicted octanol–water partition coefficient (Wildman–Crippen LogP) is 0.360. The van der Waals surface area contributed by atoms with Crippen LogP contribution in [0.5, 0.6) is 0 Å². The average molecular weight is 262 g/mol. The first-order valence-electron chi connectivity index (χ1n) is 7.14. The molecule has 0 saturated carbocycles. The number of piperazine rings is 1. The first kappa shape index (κ1) is 12.4. The van der Waals surface area contributed by atoms with Crippen LogP contribution in [0.15, 0.2) is 23.7 Å². The molecule has 5 heteroatoms. The molecular weight excluding hydrogens is 240 g/mol. The summed E-state index contributed by atoms with van der Waals surface area (Å²) in [4.78, 5) is 16.3. The second-order valence-corrected chi connectivity index (χ2v) is 5.64. The van der Waals surface area contributed by atoms with Crippen molar-refractivity contribution in [3.63, 3.8) is 0 Å². The molecule has 0 bridgehead atoms. The number of hydrogen-bond donors (Lipinski definition) is 2. The van der Waals surface area contributed by atoms with Gasteiger partial charge in [-0.3, -0.25) is 4.79 Å². The van der Waals surface area contributed by atoms with Crippen LogP contribution in [0.3, 0.4) is 0 Å². The Kier molecular flexibility index (Phi) is 3.36. The second-order valence-electron chi connectivity index (χ2n) is 5.64. The molecule has 3 N–H and O–H groups in total. The molecule has 0 aromatic rings. The van der Waals surface area contributed by atoms with Crippen molar-refractivity contribution in [3.05, 3.63) is 23.7 Å². The van der Waals surface area contributed by atoms with Crippen molar-refractivity contribution in [1.82, 2.24) is 15.1 Å². The van der Waals surface area contributed by atoms with Gasteiger partial charge < -0.3 is 20.9 Å². The van der Waals surface area contributed by atoms with E-state index in [0.29, 0.717) is 11.9 Å². The van der Waals surface area contributed by atoms with Crippen LogP contribution in [0.2, 0.25) is 0 Å². The summed E-state index contributed by atoms with van der Waals surface area (Å²) in [5.74, 6) is 0.347. The lowest BCUT2D eigenvalue weighted by atomic mass is 9.99. The van der Waals surface area contributed by atoms with Gasteiger partial charge in [0.1, 0.15) is 0 Å². The number of nitrogens with one attached hydrogen (secondary N) is 1. The van der Waals surface area contributed by atoms with Crippen molar-refractivity contribution < 1.29 is 4.79 Å². The maximum absolute atomic E-state index is 11.8. The summed E-state index contributed by atoms with van der Waals surface area (Å²) in [5.41, 5.74) is 8.01. The summed E-state index contributed by atoms with van der Waals surface area (Å²) >= 11 is 0. The van der Waals surface area contributed by atoms with Gasteiger partial charge in [0, 0.05) is 63.2 Å². The van der Waals surface area contributed by atoms with E-state index in [4.69, 9.17) is 5.73 Å². The first-order chi connectivity index (χ1) is 9.26. The van der Waals surface area contributed by atoms with Crippen LogP contribution in [-0.4, -0.2) is 47.9 Å². The molecule has 0 radical (unpaired) electrons. The highest BCUT2D eigenvalue weighted by Gasteiger charge is 2.32. The highest BCUT2D eigenvalue weighted by Crippen LogP contribution is 2.23. The Morgan fingerprint density at radius 2 is 2.26 bits per heavy atom. The minimum absolute atomic E-state index is 0.347. The van der Waals surface area contributed by atoms with Gasteiger partial charge in [-0.15, -0.1) is 0 Å². The molecule has 3 heterocycles. The molecule has 3 aliphatic rings. The zero-order valence-electron chi connectivity index (χ0n) is 11.3. The maximum Gasteiger partial charge on any atom is 0.222 e. The summed E-state index contributed by atoms with van der Waals surface area (Å²) in [6, 6.07) is 0.422. The standard InChI is InChI=1S/C14H22N4O/c15-7-12-6-11(8-16-12)9-17-4-5-18-13(10-17)2-1-3-14(18)19/h7,9,13,16H,1-6,8,10,15H2/b11-9+,12-7-. The van der Waals surface area contributed by atoms with Gasteiger partial charge in [0.15, 0.2) is 0 Å². The Morgan fingerprint density at radius 1 is 1.37 bits per heavy atom. The highest BCUT2D eigenvalue weighted by molar-refractivity contribution is 5.77. The van der Waals surface area contributed by atoms with E-state index in [1.54, 1.807) is 6.20 Å². The molecule has 3 saturated heterocycles. The van der Waals surface area contributed by atoms with Crippen molar-refractivity contribution in [1.29, 1.82) is 0 Å². The van der Waals surface area contributed by atoms with E-state index in [1.807, 2.05) is 0 Å². The van der Waals surface area contributed by atoms with Crippen LogP contribution in [0.25, 0.3) is 0 Å². The average Bonchev–Trinajstić information content (AvgIpc) is 2.86. The molecule has 3 aliphatic heterocycles. The first-order valence-corrected chi connectivity index (χ1v) is 7.14. The summed E-state index contributed by atoms with van der Waals surface area (Å²) < 4.78 is 0. The van der Waals surface area contributed by atoms with Crippen LogP contribution in [0.1, 0.15) is 25.7 Å². The molecule has 0 aromatic carbocycles. The lowest BCUT2D eigenvalue weighted by Crippen LogP contribution is -2.55. The third-order valence-corrected chi connectivity index (χ3v) is 4.29. The molecule has 1 unspecified atom stereocenters. The number of amides is 1. The van der Waals surface area contributed by atoms with E-state index >= 15 is 0 Å². The van der Waals surface area contributed by atoms with Crippen LogP contribution < -0.4 is 11.1 Å². The van der Waals surface area contributed by atoms with E-state index in [9.17, 15) is 4.79 Å². The van der Waals surface area contributed by atoms with Crippen LogP contribution in [0.4, 0.5) is 0 Å². The monoisotopic (exact) mass is 262 g/mol. The van der Waals surface area contributed by atoms with Gasteiger partial charge in [0.2, 0.25) is 5.91 Å². The highest BCUT2D eigenvalue weighted by atomic mass is 16.2. The summed E-state index contributed by atoms with van der Waals surface area (Å²) in [6.45, 7) is 3.71. The number of nitrogens with zero attached hydrogens (tertiary/aromatic N) is 2. The molecule has 19 heavy (non-hydrogen) atoms. The quantitative estimate of drug-likeness (QED) is 0.716. The fraction of sp³-hybridized carbons (Fsp3) is 0.643. The number of allylic oxidation sites excluding steroid dienone is 1. The number of hydrogen-bond acceptors (Lipinski definition) is 4. The third-order valence-electron chi connectivity index (χ3n) is 4.29. The fourth-order valence-corrected chi connectivity index (χ4v) is 3.27. The smallest absolute Gasteiger partial charge is 0.222 e. The molecular formula is C14H22N4O. The van der Waals surface area contributed by atoms with Gasteiger partial charge in [0.25, 0.3) is 0 Å². The normalized spacial score (nSPS) is 31.8. The zero-order chi connectivity index (χ0) is 13.2. The Hall–Kier alpha value is -1.65. The summed E-state index contributed by atoms with van der Waals surface area (Å²) in [6.07, 6.45) is 7.79. The molecule has 0 spiro atoms. The maximum atomic E-state index is 11.8. The Balaban J connectivity index is 1.62. The molecule has 5 nitrogen and oxygen atoms in total.